The number of nitrogens with zero attached hydrogens (tertiary/aromatic N) is 1. The lowest BCUT2D eigenvalue weighted by Gasteiger charge is -2.37. The largest absolute Gasteiger partial charge is 0.374 e. The van der Waals surface area contributed by atoms with Gasteiger partial charge in [0, 0.05) is 36.8 Å². The van der Waals surface area contributed by atoms with E-state index >= 15 is 0 Å². The monoisotopic (exact) mass is 288 g/mol. The van der Waals surface area contributed by atoms with Crippen molar-refractivity contribution in [2.24, 2.45) is 5.41 Å². The average Bonchev–Trinajstić information content (AvgIpc) is 2.85. The van der Waals surface area contributed by atoms with Crippen LogP contribution in [0.15, 0.2) is 24.3 Å². The Morgan fingerprint density at radius 1 is 1.14 bits per heavy atom. The van der Waals surface area contributed by atoms with Crippen molar-refractivity contribution in [1.29, 1.82) is 0 Å². The number of rotatable bonds is 5. The minimum Gasteiger partial charge on any atom is -0.374 e. The second-order valence-electron chi connectivity index (χ2n) is 7.95. The van der Waals surface area contributed by atoms with Crippen LogP contribution in [0.25, 0.3) is 0 Å². The summed E-state index contributed by atoms with van der Waals surface area (Å²) in [5.41, 5.74) is 3.39. The highest BCUT2D eigenvalue weighted by Crippen LogP contribution is 2.39. The van der Waals surface area contributed by atoms with Crippen LogP contribution in [0.2, 0.25) is 0 Å². The van der Waals surface area contributed by atoms with Crippen LogP contribution in [-0.4, -0.2) is 25.7 Å². The second-order valence-corrected chi connectivity index (χ2v) is 7.95. The van der Waals surface area contributed by atoms with E-state index in [0.29, 0.717) is 5.41 Å². The van der Waals surface area contributed by atoms with E-state index in [4.69, 9.17) is 0 Å². The van der Waals surface area contributed by atoms with Crippen molar-refractivity contribution < 1.29 is 0 Å². The lowest BCUT2D eigenvalue weighted by atomic mass is 9.84. The maximum absolute atomic E-state index is 3.75. The third kappa shape index (κ3) is 4.47. The lowest BCUT2D eigenvalue weighted by molar-refractivity contribution is 0.252. The number of aryl methyl sites for hydroxylation is 1. The maximum Gasteiger partial charge on any atom is 0.0393 e. The number of para-hydroxylation sites is 1. The molecule has 0 unspecified atom stereocenters. The molecule has 118 valence electrons. The van der Waals surface area contributed by atoms with Gasteiger partial charge in [-0.1, -0.05) is 31.0 Å². The molecule has 21 heavy (non-hydrogen) atoms. The summed E-state index contributed by atoms with van der Waals surface area (Å²) in [6.07, 6.45) is 5.47. The molecular formula is C19H32N2. The molecule has 2 rings (SSSR count). The molecule has 0 amide bonds. The van der Waals surface area contributed by atoms with Crippen LogP contribution in [0.5, 0.6) is 0 Å². The summed E-state index contributed by atoms with van der Waals surface area (Å²) in [4.78, 5) is 2.46. The van der Waals surface area contributed by atoms with Gasteiger partial charge in [0.25, 0.3) is 0 Å². The Labute approximate surface area is 130 Å². The van der Waals surface area contributed by atoms with Gasteiger partial charge in [-0.2, -0.15) is 0 Å². The minimum atomic E-state index is 0.205. The molecule has 0 radical (unpaired) electrons. The predicted molar refractivity (Wildman–Crippen MR) is 93.1 cm³/mol. The summed E-state index contributed by atoms with van der Waals surface area (Å²) >= 11 is 0. The third-order valence-corrected chi connectivity index (χ3v) is 4.76. The first-order chi connectivity index (χ1) is 9.81. The van der Waals surface area contributed by atoms with Gasteiger partial charge in [0.1, 0.15) is 0 Å². The fourth-order valence-corrected chi connectivity index (χ4v) is 3.55. The molecule has 1 saturated carbocycles. The highest BCUT2D eigenvalue weighted by atomic mass is 15.1. The van der Waals surface area contributed by atoms with Gasteiger partial charge in [-0.3, -0.25) is 0 Å². The van der Waals surface area contributed by atoms with Gasteiger partial charge in [0.2, 0.25) is 0 Å². The zero-order chi connectivity index (χ0) is 15.5. The molecule has 0 bridgehead atoms. The van der Waals surface area contributed by atoms with Crippen molar-refractivity contribution in [1.82, 2.24) is 5.32 Å². The van der Waals surface area contributed by atoms with E-state index in [-0.39, 0.29) is 5.54 Å². The van der Waals surface area contributed by atoms with Gasteiger partial charge in [-0.05, 0) is 52.2 Å². The minimum absolute atomic E-state index is 0.205. The molecular weight excluding hydrogens is 256 g/mol. The Kier molecular flexibility index (Phi) is 4.98. The lowest BCUT2D eigenvalue weighted by Crippen LogP contribution is -2.47. The fraction of sp³-hybridized carbons (Fsp3) is 0.684. The molecule has 0 aliphatic heterocycles. The fourth-order valence-electron chi connectivity index (χ4n) is 3.55. The highest BCUT2D eigenvalue weighted by Gasteiger charge is 2.35. The number of hydrogen-bond donors (Lipinski definition) is 1. The van der Waals surface area contributed by atoms with Crippen LogP contribution < -0.4 is 10.2 Å². The van der Waals surface area contributed by atoms with Crippen molar-refractivity contribution in [3.63, 3.8) is 0 Å². The summed E-state index contributed by atoms with van der Waals surface area (Å²) in [7, 11) is 2.25. The van der Waals surface area contributed by atoms with Crippen LogP contribution in [0.4, 0.5) is 5.69 Å². The summed E-state index contributed by atoms with van der Waals surface area (Å²) in [6, 6.07) is 8.72. The van der Waals surface area contributed by atoms with Gasteiger partial charge in [0.05, 0.1) is 0 Å². The molecule has 0 heterocycles. The van der Waals surface area contributed by atoms with Crippen LogP contribution in [0.1, 0.15) is 52.0 Å². The Bertz CT molecular complexity index is 453. The molecule has 0 saturated heterocycles. The van der Waals surface area contributed by atoms with Gasteiger partial charge in [-0.15, -0.1) is 0 Å². The Morgan fingerprint density at radius 2 is 1.76 bits per heavy atom. The summed E-state index contributed by atoms with van der Waals surface area (Å²) in [6.45, 7) is 11.3. The van der Waals surface area contributed by atoms with Crippen LogP contribution >= 0.6 is 0 Å². The number of nitrogens with one attached hydrogen (secondary N) is 1. The molecule has 1 aliphatic rings. The van der Waals surface area contributed by atoms with Crippen molar-refractivity contribution in [3.8, 4) is 0 Å². The molecule has 1 fully saturated rings. The van der Waals surface area contributed by atoms with E-state index in [2.05, 4.69) is 69.2 Å². The first-order valence-electron chi connectivity index (χ1n) is 8.33. The SMILES string of the molecule is Cc1ccccc1N(C)CC1(CNC(C)(C)C)CCCC1. The van der Waals surface area contributed by atoms with Crippen molar-refractivity contribution >= 4 is 5.69 Å². The quantitative estimate of drug-likeness (QED) is 0.865. The van der Waals surface area contributed by atoms with Crippen molar-refractivity contribution in [3.05, 3.63) is 29.8 Å². The zero-order valence-electron chi connectivity index (χ0n) is 14.5. The van der Waals surface area contributed by atoms with E-state index in [0.717, 1.165) is 13.1 Å². The first-order valence-corrected chi connectivity index (χ1v) is 8.33. The Balaban J connectivity index is 2.07. The Morgan fingerprint density at radius 3 is 2.33 bits per heavy atom. The van der Waals surface area contributed by atoms with E-state index < -0.39 is 0 Å². The van der Waals surface area contributed by atoms with E-state index in [1.807, 2.05) is 0 Å². The van der Waals surface area contributed by atoms with Crippen molar-refractivity contribution in [2.45, 2.75) is 58.9 Å². The van der Waals surface area contributed by atoms with Crippen LogP contribution in [0.3, 0.4) is 0 Å². The molecule has 1 aliphatic carbocycles. The third-order valence-electron chi connectivity index (χ3n) is 4.76. The topological polar surface area (TPSA) is 15.3 Å². The maximum atomic E-state index is 3.75. The van der Waals surface area contributed by atoms with E-state index in [1.54, 1.807) is 0 Å². The molecule has 1 aromatic rings. The predicted octanol–water partition coefficient (Wildman–Crippen LogP) is 4.38. The molecule has 1 N–H and O–H groups in total. The normalized spacial score (nSPS) is 18.0. The standard InChI is InChI=1S/C19H32N2/c1-16-10-6-7-11-17(16)21(5)15-19(12-8-9-13-19)14-20-18(2,3)4/h6-7,10-11,20H,8-9,12-15H2,1-5H3. The van der Waals surface area contributed by atoms with Crippen LogP contribution in [0, 0.1) is 12.3 Å². The second kappa shape index (κ2) is 6.39. The molecule has 0 aromatic heterocycles. The van der Waals surface area contributed by atoms with Gasteiger partial charge in [0.15, 0.2) is 0 Å². The number of anilines is 1. The van der Waals surface area contributed by atoms with Gasteiger partial charge < -0.3 is 10.2 Å². The highest BCUT2D eigenvalue weighted by molar-refractivity contribution is 5.52. The smallest absolute Gasteiger partial charge is 0.0393 e. The molecule has 1 aromatic carbocycles. The average molecular weight is 288 g/mol. The zero-order valence-corrected chi connectivity index (χ0v) is 14.5. The van der Waals surface area contributed by atoms with Gasteiger partial charge in [-0.25, -0.2) is 0 Å². The Hall–Kier alpha value is -1.02. The number of benzene rings is 1. The van der Waals surface area contributed by atoms with Crippen LogP contribution in [-0.2, 0) is 0 Å². The summed E-state index contributed by atoms with van der Waals surface area (Å²) < 4.78 is 0. The van der Waals surface area contributed by atoms with E-state index in [1.165, 1.54) is 36.9 Å². The molecule has 0 atom stereocenters. The van der Waals surface area contributed by atoms with E-state index in [9.17, 15) is 0 Å². The van der Waals surface area contributed by atoms with Gasteiger partial charge >= 0.3 is 0 Å². The summed E-state index contributed by atoms with van der Waals surface area (Å²) in [5, 5.41) is 3.75. The number of hydrogen-bond acceptors (Lipinski definition) is 2. The first kappa shape index (κ1) is 16.4. The molecule has 2 nitrogen and oxygen atoms in total. The molecule has 2 heteroatoms. The summed E-state index contributed by atoms with van der Waals surface area (Å²) in [5.74, 6) is 0. The molecule has 0 spiro atoms. The van der Waals surface area contributed by atoms with Crippen molar-refractivity contribution in [2.75, 3.05) is 25.0 Å².